The third kappa shape index (κ3) is 3.77. The fourth-order valence-electron chi connectivity index (χ4n) is 1.87. The van der Waals surface area contributed by atoms with Gasteiger partial charge in [0, 0.05) is 32.4 Å². The SMILES string of the molecule is CN=Cc1sc(SC)nc1NC(=O)C1CCOCC1. The van der Waals surface area contributed by atoms with Gasteiger partial charge in [-0.05, 0) is 19.1 Å². The van der Waals surface area contributed by atoms with Gasteiger partial charge in [-0.2, -0.15) is 0 Å². The highest BCUT2D eigenvalue weighted by molar-refractivity contribution is 8.00. The Morgan fingerprint density at radius 3 is 2.95 bits per heavy atom. The molecule has 1 amide bonds. The minimum absolute atomic E-state index is 0.0274. The van der Waals surface area contributed by atoms with Crippen LogP contribution in [0.25, 0.3) is 0 Å². The molecule has 2 rings (SSSR count). The maximum Gasteiger partial charge on any atom is 0.228 e. The average Bonchev–Trinajstić information content (AvgIpc) is 2.82. The number of anilines is 1. The van der Waals surface area contributed by atoms with Crippen LogP contribution in [0.4, 0.5) is 5.82 Å². The van der Waals surface area contributed by atoms with Crippen molar-refractivity contribution in [3.63, 3.8) is 0 Å². The second-order valence-electron chi connectivity index (χ2n) is 4.16. The van der Waals surface area contributed by atoms with Crippen LogP contribution in [0.15, 0.2) is 9.33 Å². The van der Waals surface area contributed by atoms with Crippen LogP contribution in [0, 0.1) is 5.92 Å². The van der Waals surface area contributed by atoms with E-state index in [2.05, 4.69) is 15.3 Å². The van der Waals surface area contributed by atoms with Crippen LogP contribution >= 0.6 is 23.1 Å². The lowest BCUT2D eigenvalue weighted by molar-refractivity contribution is -0.122. The molecule has 1 aromatic heterocycles. The normalized spacial score (nSPS) is 16.9. The van der Waals surface area contributed by atoms with Crippen LogP contribution in [-0.2, 0) is 9.53 Å². The van der Waals surface area contributed by atoms with Crippen molar-refractivity contribution in [2.45, 2.75) is 17.2 Å². The number of amides is 1. The largest absolute Gasteiger partial charge is 0.381 e. The van der Waals surface area contributed by atoms with Gasteiger partial charge in [-0.3, -0.25) is 9.79 Å². The molecule has 19 heavy (non-hydrogen) atoms. The number of hydrogen-bond acceptors (Lipinski definition) is 6. The monoisotopic (exact) mass is 299 g/mol. The van der Waals surface area contributed by atoms with Crippen LogP contribution in [0.2, 0.25) is 0 Å². The van der Waals surface area contributed by atoms with E-state index in [9.17, 15) is 4.79 Å². The van der Waals surface area contributed by atoms with Gasteiger partial charge in [-0.25, -0.2) is 4.98 Å². The molecule has 1 saturated heterocycles. The Hall–Kier alpha value is -0.920. The molecule has 1 aromatic rings. The summed E-state index contributed by atoms with van der Waals surface area (Å²) in [5.74, 6) is 0.683. The van der Waals surface area contributed by atoms with Crippen LogP contribution in [0.5, 0.6) is 0 Å². The lowest BCUT2D eigenvalue weighted by atomic mass is 9.99. The van der Waals surface area contributed by atoms with E-state index < -0.39 is 0 Å². The number of hydrogen-bond donors (Lipinski definition) is 1. The highest BCUT2D eigenvalue weighted by Gasteiger charge is 2.23. The predicted molar refractivity (Wildman–Crippen MR) is 79.6 cm³/mol. The second kappa shape index (κ2) is 7.02. The summed E-state index contributed by atoms with van der Waals surface area (Å²) in [4.78, 5) is 21.5. The van der Waals surface area contributed by atoms with Crippen molar-refractivity contribution >= 4 is 41.0 Å². The van der Waals surface area contributed by atoms with Crippen molar-refractivity contribution in [1.82, 2.24) is 4.98 Å². The van der Waals surface area contributed by atoms with Gasteiger partial charge < -0.3 is 10.1 Å². The number of thiazole rings is 1. The van der Waals surface area contributed by atoms with Crippen LogP contribution < -0.4 is 5.32 Å². The van der Waals surface area contributed by atoms with Gasteiger partial charge in [0.2, 0.25) is 5.91 Å². The number of ether oxygens (including phenoxy) is 1. The fraction of sp³-hybridized carbons (Fsp3) is 0.583. The Bertz CT molecular complexity index is 468. The van der Waals surface area contributed by atoms with E-state index in [0.717, 1.165) is 22.1 Å². The summed E-state index contributed by atoms with van der Waals surface area (Å²) in [5.41, 5.74) is 0. The van der Waals surface area contributed by atoms with Gasteiger partial charge in [-0.15, -0.1) is 11.3 Å². The maximum absolute atomic E-state index is 12.2. The average molecular weight is 299 g/mol. The summed E-state index contributed by atoms with van der Waals surface area (Å²) in [7, 11) is 1.71. The molecule has 1 aliphatic rings. The highest BCUT2D eigenvalue weighted by atomic mass is 32.2. The number of carbonyl (C=O) groups excluding carboxylic acids is 1. The quantitative estimate of drug-likeness (QED) is 0.684. The van der Waals surface area contributed by atoms with E-state index in [0.29, 0.717) is 19.0 Å². The first-order valence-electron chi connectivity index (χ1n) is 6.10. The standard InChI is InChI=1S/C12H17N3O2S2/c1-13-7-9-10(15-12(18-2)19-9)14-11(16)8-3-5-17-6-4-8/h7-8H,3-6H2,1-2H3,(H,14,16). The van der Waals surface area contributed by atoms with Gasteiger partial charge >= 0.3 is 0 Å². The zero-order valence-corrected chi connectivity index (χ0v) is 12.6. The minimum Gasteiger partial charge on any atom is -0.381 e. The Kier molecular flexibility index (Phi) is 5.35. The number of aliphatic imine (C=N–C) groups is 1. The summed E-state index contributed by atoms with van der Waals surface area (Å²) < 4.78 is 6.19. The molecule has 0 spiro atoms. The summed E-state index contributed by atoms with van der Waals surface area (Å²) in [5, 5.41) is 2.92. The summed E-state index contributed by atoms with van der Waals surface area (Å²) >= 11 is 3.10. The third-order valence-corrected chi connectivity index (χ3v) is 4.86. The lowest BCUT2D eigenvalue weighted by Gasteiger charge is -2.20. The van der Waals surface area contributed by atoms with E-state index in [1.807, 2.05) is 6.26 Å². The molecule has 2 heterocycles. The molecule has 0 saturated carbocycles. The van der Waals surface area contributed by atoms with E-state index in [1.165, 1.54) is 11.3 Å². The van der Waals surface area contributed by atoms with E-state index in [4.69, 9.17) is 4.74 Å². The molecule has 0 unspecified atom stereocenters. The molecule has 1 N–H and O–H groups in total. The van der Waals surface area contributed by atoms with Crippen molar-refractivity contribution in [2.75, 3.05) is 31.8 Å². The summed E-state index contributed by atoms with van der Waals surface area (Å²) in [6.07, 6.45) is 5.26. The van der Waals surface area contributed by atoms with Crippen LogP contribution in [0.3, 0.4) is 0 Å². The number of nitrogens with one attached hydrogen (secondary N) is 1. The highest BCUT2D eigenvalue weighted by Crippen LogP contribution is 2.28. The fourth-order valence-corrected chi connectivity index (χ4v) is 3.33. The topological polar surface area (TPSA) is 63.6 Å². The Morgan fingerprint density at radius 2 is 2.32 bits per heavy atom. The van der Waals surface area contributed by atoms with Crippen LogP contribution in [0.1, 0.15) is 17.7 Å². The molecule has 1 fully saturated rings. The van der Waals surface area contributed by atoms with Gasteiger partial charge in [0.1, 0.15) is 0 Å². The molecule has 104 valence electrons. The Balaban J connectivity index is 2.08. The number of rotatable bonds is 4. The first-order valence-corrected chi connectivity index (χ1v) is 8.14. The van der Waals surface area contributed by atoms with Crippen molar-refractivity contribution in [1.29, 1.82) is 0 Å². The number of thioether (sulfide) groups is 1. The number of aromatic nitrogens is 1. The Labute approximate surface area is 120 Å². The number of nitrogens with zero attached hydrogens (tertiary/aromatic N) is 2. The summed E-state index contributed by atoms with van der Waals surface area (Å²) in [6, 6.07) is 0. The van der Waals surface area contributed by atoms with Crippen molar-refractivity contribution in [3.8, 4) is 0 Å². The molecule has 7 heteroatoms. The minimum atomic E-state index is 0.0274. The molecule has 0 atom stereocenters. The smallest absolute Gasteiger partial charge is 0.228 e. The van der Waals surface area contributed by atoms with Gasteiger partial charge in [0.15, 0.2) is 10.2 Å². The molecule has 0 aliphatic carbocycles. The molecule has 1 aliphatic heterocycles. The van der Waals surface area contributed by atoms with Crippen molar-refractivity contribution < 1.29 is 9.53 Å². The molecule has 5 nitrogen and oxygen atoms in total. The predicted octanol–water partition coefficient (Wildman–Crippen LogP) is 2.28. The number of carbonyl (C=O) groups is 1. The zero-order chi connectivity index (χ0) is 13.7. The Morgan fingerprint density at radius 1 is 1.58 bits per heavy atom. The molecule has 0 radical (unpaired) electrons. The molecular weight excluding hydrogens is 282 g/mol. The van der Waals surface area contributed by atoms with E-state index >= 15 is 0 Å². The third-order valence-electron chi connectivity index (χ3n) is 2.89. The van der Waals surface area contributed by atoms with Crippen LogP contribution in [-0.4, -0.2) is 43.6 Å². The molecule has 0 aromatic carbocycles. The van der Waals surface area contributed by atoms with E-state index in [-0.39, 0.29) is 11.8 Å². The second-order valence-corrected chi connectivity index (χ2v) is 6.24. The first kappa shape index (κ1) is 14.5. The lowest BCUT2D eigenvalue weighted by Crippen LogP contribution is -2.28. The molecule has 0 bridgehead atoms. The zero-order valence-electron chi connectivity index (χ0n) is 11.0. The van der Waals surface area contributed by atoms with Crippen molar-refractivity contribution in [3.05, 3.63) is 4.88 Å². The van der Waals surface area contributed by atoms with Crippen molar-refractivity contribution in [2.24, 2.45) is 10.9 Å². The van der Waals surface area contributed by atoms with Gasteiger partial charge in [-0.1, -0.05) is 11.8 Å². The maximum atomic E-state index is 12.2. The summed E-state index contributed by atoms with van der Waals surface area (Å²) in [6.45, 7) is 1.32. The first-order chi connectivity index (χ1) is 9.24. The van der Waals surface area contributed by atoms with Gasteiger partial charge in [0.05, 0.1) is 4.88 Å². The van der Waals surface area contributed by atoms with Gasteiger partial charge in [0.25, 0.3) is 0 Å². The molecular formula is C12H17N3O2S2. The van der Waals surface area contributed by atoms with E-state index in [1.54, 1.807) is 25.0 Å².